The Morgan fingerprint density at radius 2 is 1.00 bits per heavy atom. The molecule has 2 rings (SSSR count). The van der Waals surface area contributed by atoms with Gasteiger partial charge in [-0.1, -0.05) is 60.7 Å². The van der Waals surface area contributed by atoms with Crippen molar-refractivity contribution in [2.24, 2.45) is 0 Å². The Labute approximate surface area is 166 Å². The van der Waals surface area contributed by atoms with Crippen LogP contribution in [0.1, 0.15) is 46.4 Å². The van der Waals surface area contributed by atoms with Gasteiger partial charge in [-0.2, -0.15) is 0 Å². The standard InChI is InChI=1S/C24H26O4/c25-23(21-15-9-7-10-16-21)27-19-13-5-3-1-2-4-6-14-20-28-24(26)22-17-11-8-12-18-22/h5-18H,1-4,19-20H2/b13-5+,14-6+. The first kappa shape index (κ1) is 21.2. The zero-order valence-electron chi connectivity index (χ0n) is 16.0. The second kappa shape index (κ2) is 13.1. The number of ether oxygens (including phenoxy) is 2. The number of hydrogen-bond donors (Lipinski definition) is 0. The summed E-state index contributed by atoms with van der Waals surface area (Å²) >= 11 is 0. The topological polar surface area (TPSA) is 52.6 Å². The predicted octanol–water partition coefficient (Wildman–Crippen LogP) is 5.37. The predicted molar refractivity (Wildman–Crippen MR) is 110 cm³/mol. The number of benzene rings is 2. The Morgan fingerprint density at radius 3 is 1.39 bits per heavy atom. The third kappa shape index (κ3) is 8.49. The fourth-order valence-electron chi connectivity index (χ4n) is 2.46. The van der Waals surface area contributed by atoms with Crippen LogP contribution in [0.2, 0.25) is 0 Å². The molecule has 4 nitrogen and oxygen atoms in total. The number of rotatable bonds is 11. The van der Waals surface area contributed by atoms with Crippen LogP contribution in [0.15, 0.2) is 85.0 Å². The van der Waals surface area contributed by atoms with Gasteiger partial charge in [0.15, 0.2) is 0 Å². The van der Waals surface area contributed by atoms with Crippen molar-refractivity contribution < 1.29 is 19.1 Å². The lowest BCUT2D eigenvalue weighted by Crippen LogP contribution is -2.04. The molecule has 0 N–H and O–H groups in total. The molecule has 0 aliphatic heterocycles. The lowest BCUT2D eigenvalue weighted by Gasteiger charge is -2.01. The maximum atomic E-state index is 11.7. The van der Waals surface area contributed by atoms with E-state index in [0.29, 0.717) is 24.3 Å². The maximum absolute atomic E-state index is 11.7. The quantitative estimate of drug-likeness (QED) is 0.299. The molecule has 2 aromatic carbocycles. The van der Waals surface area contributed by atoms with Gasteiger partial charge in [-0.25, -0.2) is 9.59 Å². The van der Waals surface area contributed by atoms with Gasteiger partial charge in [-0.05, 0) is 49.9 Å². The van der Waals surface area contributed by atoms with Gasteiger partial charge in [-0.15, -0.1) is 0 Å². The zero-order valence-corrected chi connectivity index (χ0v) is 16.0. The highest BCUT2D eigenvalue weighted by Crippen LogP contribution is 2.04. The van der Waals surface area contributed by atoms with Crippen LogP contribution in [0.5, 0.6) is 0 Å². The van der Waals surface area contributed by atoms with E-state index in [2.05, 4.69) is 0 Å². The minimum absolute atomic E-state index is 0.292. The maximum Gasteiger partial charge on any atom is 0.338 e. The number of hydrogen-bond acceptors (Lipinski definition) is 4. The normalized spacial score (nSPS) is 11.0. The van der Waals surface area contributed by atoms with Crippen molar-refractivity contribution in [2.45, 2.75) is 25.7 Å². The molecule has 0 unspecified atom stereocenters. The van der Waals surface area contributed by atoms with Gasteiger partial charge in [-0.3, -0.25) is 0 Å². The summed E-state index contributed by atoms with van der Waals surface area (Å²) in [7, 11) is 0. The van der Waals surface area contributed by atoms with E-state index in [1.165, 1.54) is 0 Å². The van der Waals surface area contributed by atoms with E-state index in [4.69, 9.17) is 9.47 Å². The Morgan fingerprint density at radius 1 is 0.607 bits per heavy atom. The molecular formula is C24H26O4. The van der Waals surface area contributed by atoms with Crippen molar-refractivity contribution in [2.75, 3.05) is 13.2 Å². The Balaban J connectivity index is 1.46. The van der Waals surface area contributed by atoms with E-state index in [9.17, 15) is 9.59 Å². The van der Waals surface area contributed by atoms with Crippen LogP contribution >= 0.6 is 0 Å². The fourth-order valence-corrected chi connectivity index (χ4v) is 2.46. The molecule has 0 bridgehead atoms. The fraction of sp³-hybridized carbons (Fsp3) is 0.250. The van der Waals surface area contributed by atoms with Crippen molar-refractivity contribution in [1.29, 1.82) is 0 Å². The Bertz CT molecular complexity index is 696. The van der Waals surface area contributed by atoms with Crippen molar-refractivity contribution in [3.8, 4) is 0 Å². The van der Waals surface area contributed by atoms with Crippen LogP contribution in [0.3, 0.4) is 0 Å². The van der Waals surface area contributed by atoms with E-state index in [-0.39, 0.29) is 11.9 Å². The summed E-state index contributed by atoms with van der Waals surface area (Å²) in [5.41, 5.74) is 1.13. The second-order valence-electron chi connectivity index (χ2n) is 6.16. The molecule has 28 heavy (non-hydrogen) atoms. The molecule has 0 spiro atoms. The van der Waals surface area contributed by atoms with Crippen LogP contribution in [0, 0.1) is 0 Å². The SMILES string of the molecule is O=C(OC/C=C/CCCC/C=C/COC(=O)c1ccccc1)c1ccccc1. The number of esters is 2. The minimum atomic E-state index is -0.302. The van der Waals surface area contributed by atoms with E-state index >= 15 is 0 Å². The third-order valence-electron chi connectivity index (χ3n) is 3.97. The van der Waals surface area contributed by atoms with Gasteiger partial charge in [0.25, 0.3) is 0 Å². The first-order chi connectivity index (χ1) is 13.8. The molecular weight excluding hydrogens is 352 g/mol. The minimum Gasteiger partial charge on any atom is -0.458 e. The van der Waals surface area contributed by atoms with Crippen LogP contribution < -0.4 is 0 Å². The first-order valence-corrected chi connectivity index (χ1v) is 9.51. The average Bonchev–Trinajstić information content (AvgIpc) is 2.75. The Hall–Kier alpha value is -3.14. The molecule has 0 amide bonds. The highest BCUT2D eigenvalue weighted by molar-refractivity contribution is 5.89. The monoisotopic (exact) mass is 378 g/mol. The van der Waals surface area contributed by atoms with Crippen LogP contribution in [0.25, 0.3) is 0 Å². The van der Waals surface area contributed by atoms with Gasteiger partial charge in [0.05, 0.1) is 11.1 Å². The van der Waals surface area contributed by atoms with Crippen LogP contribution in [-0.2, 0) is 9.47 Å². The summed E-state index contributed by atoms with van der Waals surface area (Å²) in [5.74, 6) is -0.605. The molecule has 0 aliphatic carbocycles. The van der Waals surface area contributed by atoms with Gasteiger partial charge >= 0.3 is 11.9 Å². The Kier molecular flexibility index (Phi) is 9.90. The van der Waals surface area contributed by atoms with Gasteiger partial charge in [0, 0.05) is 0 Å². The largest absolute Gasteiger partial charge is 0.458 e. The summed E-state index contributed by atoms with van der Waals surface area (Å²) in [6.45, 7) is 0.584. The van der Waals surface area contributed by atoms with Crippen molar-refractivity contribution in [3.05, 3.63) is 96.1 Å². The molecule has 4 heteroatoms. The van der Waals surface area contributed by atoms with Crippen molar-refractivity contribution in [1.82, 2.24) is 0 Å². The molecule has 0 radical (unpaired) electrons. The second-order valence-corrected chi connectivity index (χ2v) is 6.16. The molecule has 0 fully saturated rings. The summed E-state index contributed by atoms with van der Waals surface area (Å²) in [6, 6.07) is 17.9. The van der Waals surface area contributed by atoms with Crippen LogP contribution in [0.4, 0.5) is 0 Å². The summed E-state index contributed by atoms with van der Waals surface area (Å²) in [4.78, 5) is 23.5. The lowest BCUT2D eigenvalue weighted by molar-refractivity contribution is 0.0540. The molecule has 0 saturated heterocycles. The molecule has 0 saturated carbocycles. The molecule has 2 aromatic rings. The van der Waals surface area contributed by atoms with Gasteiger partial charge in [0.1, 0.15) is 13.2 Å². The first-order valence-electron chi connectivity index (χ1n) is 9.51. The summed E-state index contributed by atoms with van der Waals surface area (Å²) < 4.78 is 10.3. The number of carbonyl (C=O) groups is 2. The van der Waals surface area contributed by atoms with Gasteiger partial charge in [0.2, 0.25) is 0 Å². The smallest absolute Gasteiger partial charge is 0.338 e. The highest BCUT2D eigenvalue weighted by atomic mass is 16.5. The molecule has 0 aliphatic rings. The van der Waals surface area contributed by atoms with E-state index < -0.39 is 0 Å². The zero-order chi connectivity index (χ0) is 19.9. The number of allylic oxidation sites excluding steroid dienone is 2. The highest BCUT2D eigenvalue weighted by Gasteiger charge is 2.04. The van der Waals surface area contributed by atoms with E-state index in [1.807, 2.05) is 60.7 Å². The third-order valence-corrected chi connectivity index (χ3v) is 3.97. The van der Waals surface area contributed by atoms with Gasteiger partial charge < -0.3 is 9.47 Å². The summed E-state index contributed by atoms with van der Waals surface area (Å²) in [6.07, 6.45) is 11.8. The molecule has 146 valence electrons. The van der Waals surface area contributed by atoms with Crippen molar-refractivity contribution in [3.63, 3.8) is 0 Å². The molecule has 0 aromatic heterocycles. The van der Waals surface area contributed by atoms with Crippen LogP contribution in [-0.4, -0.2) is 25.2 Å². The number of carbonyl (C=O) groups excluding carboxylic acids is 2. The van der Waals surface area contributed by atoms with Crippen molar-refractivity contribution >= 4 is 11.9 Å². The lowest BCUT2D eigenvalue weighted by atomic mass is 10.2. The van der Waals surface area contributed by atoms with E-state index in [1.54, 1.807) is 24.3 Å². The average molecular weight is 378 g/mol. The van der Waals surface area contributed by atoms with E-state index in [0.717, 1.165) is 25.7 Å². The molecule has 0 atom stereocenters. The molecule has 0 heterocycles. The number of unbranched alkanes of at least 4 members (excludes halogenated alkanes) is 3. The summed E-state index contributed by atoms with van der Waals surface area (Å²) in [5, 5.41) is 0.